The van der Waals surface area contributed by atoms with Gasteiger partial charge in [0.1, 0.15) is 5.58 Å². The van der Waals surface area contributed by atoms with Crippen LogP contribution >= 0.6 is 0 Å². The number of furan rings is 1. The molecule has 2 aliphatic rings. The van der Waals surface area contributed by atoms with Crippen molar-refractivity contribution in [3.63, 3.8) is 0 Å². The molecule has 0 radical (unpaired) electrons. The Bertz CT molecular complexity index is 2940. The van der Waals surface area contributed by atoms with E-state index in [4.69, 9.17) is 4.42 Å². The van der Waals surface area contributed by atoms with Crippen molar-refractivity contribution in [2.75, 3.05) is 4.90 Å². The lowest BCUT2D eigenvalue weighted by molar-refractivity contribution is 0.659. The van der Waals surface area contributed by atoms with E-state index in [1.807, 2.05) is 0 Å². The van der Waals surface area contributed by atoms with E-state index in [2.05, 4.69) is 208 Å². The first-order valence-corrected chi connectivity index (χ1v) is 19.3. The normalized spacial score (nSPS) is 14.4. The van der Waals surface area contributed by atoms with Gasteiger partial charge in [-0.1, -0.05) is 166 Å². The van der Waals surface area contributed by atoms with Crippen LogP contribution in [0.1, 0.15) is 48.6 Å². The highest BCUT2D eigenvalue weighted by molar-refractivity contribution is 6.12. The average Bonchev–Trinajstić information content (AvgIpc) is 3.83. The smallest absolute Gasteiger partial charge is 0.159 e. The number of fused-ring (bicyclic) bond motifs is 9. The van der Waals surface area contributed by atoms with Gasteiger partial charge in [0.15, 0.2) is 5.58 Å². The molecule has 9 aromatic rings. The van der Waals surface area contributed by atoms with Gasteiger partial charge in [0.25, 0.3) is 0 Å². The summed E-state index contributed by atoms with van der Waals surface area (Å²) in [5.74, 6) is 0. The van der Waals surface area contributed by atoms with Crippen LogP contribution in [0.3, 0.4) is 0 Å². The maximum Gasteiger partial charge on any atom is 0.159 e. The summed E-state index contributed by atoms with van der Waals surface area (Å²) >= 11 is 0. The van der Waals surface area contributed by atoms with Crippen LogP contribution in [0.2, 0.25) is 0 Å². The fourth-order valence-corrected chi connectivity index (χ4v) is 9.84. The molecule has 11 rings (SSSR count). The first kappa shape index (κ1) is 31.8. The zero-order valence-electron chi connectivity index (χ0n) is 31.2. The van der Waals surface area contributed by atoms with E-state index in [0.29, 0.717) is 0 Å². The highest BCUT2D eigenvalue weighted by atomic mass is 16.3. The molecule has 2 nitrogen and oxygen atoms in total. The minimum absolute atomic E-state index is 0.164. The van der Waals surface area contributed by atoms with Gasteiger partial charge in [-0.05, 0) is 98.5 Å². The summed E-state index contributed by atoms with van der Waals surface area (Å²) < 4.78 is 7.09. The summed E-state index contributed by atoms with van der Waals surface area (Å²) in [6.07, 6.45) is 0. The Morgan fingerprint density at radius 3 is 1.73 bits per heavy atom. The number of hydrogen-bond acceptors (Lipinski definition) is 2. The molecule has 0 saturated heterocycles. The fraction of sp³-hybridized carbons (Fsp3) is 0.0943. The lowest BCUT2D eigenvalue weighted by atomic mass is 9.73. The molecule has 262 valence electrons. The monoisotopic (exact) mass is 705 g/mol. The maximum atomic E-state index is 7.09. The standard InChI is InChI=1S/C53H39NO/c1-52(2)44-24-11-7-20-38(44)41-29-28-37(33-48(41)52)54(36-19-15-18-35(32-36)34-16-5-4-6-17-34)50-47(31-30-43-42-23-10-14-27-49(42)55-51(43)50)53(3)45-25-12-8-21-39(45)40-22-9-13-26-46(40)53/h4-33H,1-3H3. The highest BCUT2D eigenvalue weighted by Crippen LogP contribution is 2.58. The van der Waals surface area contributed by atoms with Crippen molar-refractivity contribution in [1.29, 1.82) is 0 Å². The second-order valence-electron chi connectivity index (χ2n) is 15.8. The third-order valence-corrected chi connectivity index (χ3v) is 12.5. The summed E-state index contributed by atoms with van der Waals surface area (Å²) in [5, 5.41) is 2.22. The van der Waals surface area contributed by atoms with Crippen molar-refractivity contribution in [3.8, 4) is 33.4 Å². The summed E-state index contributed by atoms with van der Waals surface area (Å²) in [7, 11) is 0. The van der Waals surface area contributed by atoms with Gasteiger partial charge in [0.2, 0.25) is 0 Å². The molecule has 0 spiro atoms. The number of nitrogens with zero attached hydrogens (tertiary/aromatic N) is 1. The number of para-hydroxylation sites is 1. The van der Waals surface area contributed by atoms with E-state index in [0.717, 1.165) is 44.6 Å². The molecule has 0 atom stereocenters. The quantitative estimate of drug-likeness (QED) is 0.177. The third-order valence-electron chi connectivity index (χ3n) is 12.5. The number of rotatable bonds is 5. The molecule has 0 N–H and O–H groups in total. The van der Waals surface area contributed by atoms with E-state index in [1.54, 1.807) is 0 Å². The van der Waals surface area contributed by atoms with Crippen LogP contribution in [-0.2, 0) is 10.8 Å². The van der Waals surface area contributed by atoms with Gasteiger partial charge in [-0.15, -0.1) is 0 Å². The first-order valence-electron chi connectivity index (χ1n) is 19.3. The van der Waals surface area contributed by atoms with E-state index < -0.39 is 5.41 Å². The van der Waals surface area contributed by atoms with Gasteiger partial charge in [-0.2, -0.15) is 0 Å². The molecule has 1 heterocycles. The van der Waals surface area contributed by atoms with Crippen LogP contribution in [0.5, 0.6) is 0 Å². The van der Waals surface area contributed by atoms with Crippen LogP contribution in [-0.4, -0.2) is 0 Å². The van der Waals surface area contributed by atoms with Gasteiger partial charge >= 0.3 is 0 Å². The van der Waals surface area contributed by atoms with Crippen molar-refractivity contribution in [1.82, 2.24) is 0 Å². The van der Waals surface area contributed by atoms with E-state index in [9.17, 15) is 0 Å². The summed E-state index contributed by atoms with van der Waals surface area (Å²) in [6.45, 7) is 7.13. The van der Waals surface area contributed by atoms with Crippen molar-refractivity contribution >= 4 is 39.0 Å². The Morgan fingerprint density at radius 1 is 0.400 bits per heavy atom. The van der Waals surface area contributed by atoms with Crippen molar-refractivity contribution in [3.05, 3.63) is 210 Å². The molecule has 8 aromatic carbocycles. The summed E-state index contributed by atoms with van der Waals surface area (Å²) in [4.78, 5) is 2.49. The topological polar surface area (TPSA) is 16.4 Å². The Kier molecular flexibility index (Phi) is 6.76. The molecule has 0 unspecified atom stereocenters. The SMILES string of the molecule is CC1(C)c2ccccc2-c2ccc(N(c3cccc(-c4ccccc4)c3)c3c(C4(C)c5ccccc5-c5ccccc54)ccc4c3oc3ccccc34)cc21. The number of benzene rings is 8. The molecule has 2 heteroatoms. The minimum atomic E-state index is -0.475. The van der Waals surface area contributed by atoms with E-state index in [1.165, 1.54) is 55.6 Å². The molecule has 0 amide bonds. The first-order chi connectivity index (χ1) is 26.9. The molecular formula is C53H39NO. The van der Waals surface area contributed by atoms with E-state index in [-0.39, 0.29) is 5.41 Å². The molecule has 0 aliphatic heterocycles. The predicted molar refractivity (Wildman–Crippen MR) is 229 cm³/mol. The van der Waals surface area contributed by atoms with Gasteiger partial charge in [-0.25, -0.2) is 0 Å². The summed E-state index contributed by atoms with van der Waals surface area (Å²) in [5.41, 5.74) is 18.4. The Hall–Kier alpha value is -6.64. The van der Waals surface area contributed by atoms with Crippen LogP contribution in [0, 0.1) is 0 Å². The molecule has 1 aromatic heterocycles. The Balaban J connectivity index is 1.26. The second kappa shape index (κ2) is 11.7. The zero-order chi connectivity index (χ0) is 36.9. The highest BCUT2D eigenvalue weighted by Gasteiger charge is 2.44. The molecule has 2 aliphatic carbocycles. The van der Waals surface area contributed by atoms with Crippen molar-refractivity contribution < 1.29 is 4.42 Å². The predicted octanol–water partition coefficient (Wildman–Crippen LogP) is 14.4. The molecule has 0 saturated carbocycles. The number of anilines is 3. The third kappa shape index (κ3) is 4.49. The van der Waals surface area contributed by atoms with Crippen molar-refractivity contribution in [2.45, 2.75) is 31.6 Å². The molecule has 55 heavy (non-hydrogen) atoms. The molecular weight excluding hydrogens is 667 g/mol. The van der Waals surface area contributed by atoms with Gasteiger partial charge in [0.05, 0.1) is 5.69 Å². The van der Waals surface area contributed by atoms with Gasteiger partial charge < -0.3 is 9.32 Å². The largest absolute Gasteiger partial charge is 0.454 e. The van der Waals surface area contributed by atoms with Gasteiger partial charge in [-0.3, -0.25) is 0 Å². The molecule has 0 fully saturated rings. The summed E-state index contributed by atoms with van der Waals surface area (Å²) in [6, 6.07) is 66.7. The zero-order valence-corrected chi connectivity index (χ0v) is 31.2. The van der Waals surface area contributed by atoms with Crippen LogP contribution in [0.15, 0.2) is 186 Å². The van der Waals surface area contributed by atoms with Crippen molar-refractivity contribution in [2.24, 2.45) is 0 Å². The minimum Gasteiger partial charge on any atom is -0.454 e. The number of hydrogen-bond donors (Lipinski definition) is 0. The lowest BCUT2D eigenvalue weighted by Crippen LogP contribution is -2.26. The van der Waals surface area contributed by atoms with Crippen LogP contribution in [0.4, 0.5) is 17.1 Å². The van der Waals surface area contributed by atoms with E-state index >= 15 is 0 Å². The van der Waals surface area contributed by atoms with Crippen LogP contribution in [0.25, 0.3) is 55.3 Å². The second-order valence-corrected chi connectivity index (χ2v) is 15.8. The average molecular weight is 706 g/mol. The lowest BCUT2D eigenvalue weighted by Gasteiger charge is -2.35. The maximum absolute atomic E-state index is 7.09. The van der Waals surface area contributed by atoms with Gasteiger partial charge in [0, 0.05) is 33.0 Å². The fourth-order valence-electron chi connectivity index (χ4n) is 9.84. The molecule has 0 bridgehead atoms. The Labute approximate surface area is 322 Å². The Morgan fingerprint density at radius 2 is 0.982 bits per heavy atom. The van der Waals surface area contributed by atoms with Crippen LogP contribution < -0.4 is 4.90 Å².